The molecule has 5 atom stereocenters. The van der Waals surface area contributed by atoms with E-state index in [-0.39, 0.29) is 16.7 Å². The highest BCUT2D eigenvalue weighted by Gasteiger charge is 2.72. The summed E-state index contributed by atoms with van der Waals surface area (Å²) >= 11 is 6.68. The molecule has 1 nitrogen and oxygen atoms in total. The fourth-order valence-electron chi connectivity index (χ4n) is 4.51. The Morgan fingerprint density at radius 2 is 1.95 bits per heavy atom. The SMILES string of the molecule is CC(C)[C@@H]1CC[C@@]2(C)C(Cl)[C@@H]1[C@]2(O)CCC#C[Si](C)(C)C. The molecule has 3 heteroatoms. The van der Waals surface area contributed by atoms with Crippen LogP contribution in [-0.4, -0.2) is 24.2 Å². The number of fused-ring (bicyclic) bond motifs is 2. The molecule has 3 saturated carbocycles. The van der Waals surface area contributed by atoms with E-state index in [1.54, 1.807) is 0 Å². The Hall–Kier alpha value is 0.0269. The largest absolute Gasteiger partial charge is 0.389 e. The average Bonchev–Trinajstić information content (AvgIpc) is 2.36. The van der Waals surface area contributed by atoms with Crippen molar-refractivity contribution in [3.8, 4) is 11.5 Å². The molecule has 0 heterocycles. The zero-order valence-corrected chi connectivity index (χ0v) is 16.2. The van der Waals surface area contributed by atoms with Gasteiger partial charge in [-0.15, -0.1) is 23.1 Å². The first-order chi connectivity index (χ1) is 9.53. The first kappa shape index (κ1) is 17.4. The minimum absolute atomic E-state index is 0.106. The molecule has 0 aliphatic heterocycles. The fraction of sp³-hybridized carbons (Fsp3) is 0.889. The minimum atomic E-state index is -1.31. The van der Waals surface area contributed by atoms with Gasteiger partial charge in [0.2, 0.25) is 0 Å². The highest BCUT2D eigenvalue weighted by Crippen LogP contribution is 2.68. The Balaban J connectivity index is 2.11. The molecule has 3 aliphatic carbocycles. The minimum Gasteiger partial charge on any atom is -0.389 e. The Bertz CT molecular complexity index is 458. The Morgan fingerprint density at radius 3 is 2.43 bits per heavy atom. The van der Waals surface area contributed by atoms with Crippen LogP contribution < -0.4 is 0 Å². The summed E-state index contributed by atoms with van der Waals surface area (Å²) in [6.45, 7) is 13.5. The van der Waals surface area contributed by atoms with Crippen LogP contribution in [0.3, 0.4) is 0 Å². The summed E-state index contributed by atoms with van der Waals surface area (Å²) in [6.07, 6.45) is 3.86. The van der Waals surface area contributed by atoms with Crippen molar-refractivity contribution in [3.63, 3.8) is 0 Å². The predicted molar refractivity (Wildman–Crippen MR) is 94.1 cm³/mol. The predicted octanol–water partition coefficient (Wildman–Crippen LogP) is 4.69. The number of halogens is 1. The monoisotopic (exact) mass is 326 g/mol. The van der Waals surface area contributed by atoms with Crippen molar-refractivity contribution in [3.05, 3.63) is 0 Å². The molecular formula is C18H31ClOSi. The summed E-state index contributed by atoms with van der Waals surface area (Å²) < 4.78 is 0. The van der Waals surface area contributed by atoms with Gasteiger partial charge in [0.25, 0.3) is 0 Å². The summed E-state index contributed by atoms with van der Waals surface area (Å²) in [7, 11) is -1.31. The lowest BCUT2D eigenvalue weighted by Crippen LogP contribution is -2.75. The van der Waals surface area contributed by atoms with Crippen LogP contribution in [0.4, 0.5) is 0 Å². The van der Waals surface area contributed by atoms with E-state index in [2.05, 4.69) is 51.9 Å². The fourth-order valence-corrected chi connectivity index (χ4v) is 5.86. The van der Waals surface area contributed by atoms with Crippen LogP contribution in [0.5, 0.6) is 0 Å². The summed E-state index contributed by atoms with van der Waals surface area (Å²) in [6, 6.07) is 0. The smallest absolute Gasteiger partial charge is 0.129 e. The standard InChI is InChI=1S/C18H31ClOSi/c1-13(2)14-9-11-17(3)16(19)15(14)18(17,20)10-7-8-12-21(4,5)6/h13-16,20H,7,9-11H2,1-6H3/t14-,15+,16?,17-,18+/m0/s1. The molecular weight excluding hydrogens is 296 g/mol. The van der Waals surface area contributed by atoms with Crippen LogP contribution in [0, 0.1) is 34.6 Å². The van der Waals surface area contributed by atoms with Gasteiger partial charge >= 0.3 is 0 Å². The molecule has 3 aliphatic rings. The average molecular weight is 327 g/mol. The van der Waals surface area contributed by atoms with Crippen LogP contribution in [0.1, 0.15) is 46.5 Å². The van der Waals surface area contributed by atoms with Crippen LogP contribution in [0.25, 0.3) is 0 Å². The summed E-state index contributed by atoms with van der Waals surface area (Å²) in [5.41, 5.74) is 2.71. The normalized spacial score (nSPS) is 42.2. The van der Waals surface area contributed by atoms with Gasteiger partial charge < -0.3 is 5.11 Å². The Labute approximate surface area is 136 Å². The second-order valence-corrected chi connectivity index (χ2v) is 14.0. The van der Waals surface area contributed by atoms with Gasteiger partial charge in [-0.25, -0.2) is 0 Å². The maximum absolute atomic E-state index is 11.3. The van der Waals surface area contributed by atoms with Gasteiger partial charge in [0.1, 0.15) is 8.07 Å². The Kier molecular flexibility index (Phi) is 4.62. The molecule has 1 unspecified atom stereocenters. The van der Waals surface area contributed by atoms with Gasteiger partial charge in [-0.05, 0) is 31.1 Å². The van der Waals surface area contributed by atoms with E-state index in [9.17, 15) is 5.11 Å². The first-order valence-electron chi connectivity index (χ1n) is 8.39. The van der Waals surface area contributed by atoms with Crippen molar-refractivity contribution in [2.24, 2.45) is 23.2 Å². The van der Waals surface area contributed by atoms with E-state index in [0.29, 0.717) is 11.8 Å². The zero-order valence-electron chi connectivity index (χ0n) is 14.5. The number of aliphatic hydroxyl groups is 1. The van der Waals surface area contributed by atoms with Gasteiger partial charge in [-0.2, -0.15) is 0 Å². The van der Waals surface area contributed by atoms with E-state index in [0.717, 1.165) is 19.3 Å². The molecule has 0 spiro atoms. The second-order valence-electron chi connectivity index (χ2n) is 8.77. The number of rotatable bonds is 3. The van der Waals surface area contributed by atoms with Crippen LogP contribution >= 0.6 is 11.6 Å². The van der Waals surface area contributed by atoms with E-state index in [1.165, 1.54) is 6.42 Å². The zero-order chi connectivity index (χ0) is 16.1. The molecule has 2 bridgehead atoms. The third-order valence-electron chi connectivity index (χ3n) is 5.87. The van der Waals surface area contributed by atoms with Crippen LogP contribution in [-0.2, 0) is 0 Å². The number of hydrogen-bond donors (Lipinski definition) is 1. The quantitative estimate of drug-likeness (QED) is 0.453. The molecule has 21 heavy (non-hydrogen) atoms. The lowest BCUT2D eigenvalue weighted by atomic mass is 9.40. The van der Waals surface area contributed by atoms with Crippen molar-refractivity contribution in [1.29, 1.82) is 0 Å². The molecule has 0 aromatic rings. The Morgan fingerprint density at radius 1 is 1.33 bits per heavy atom. The lowest BCUT2D eigenvalue weighted by Gasteiger charge is -2.70. The van der Waals surface area contributed by atoms with Gasteiger partial charge in [-0.1, -0.05) is 40.4 Å². The molecule has 3 fully saturated rings. The van der Waals surface area contributed by atoms with Crippen molar-refractivity contribution >= 4 is 19.7 Å². The lowest BCUT2D eigenvalue weighted by molar-refractivity contribution is -0.258. The van der Waals surface area contributed by atoms with E-state index in [1.807, 2.05) is 0 Å². The van der Waals surface area contributed by atoms with Gasteiger partial charge in [-0.3, -0.25) is 0 Å². The van der Waals surface area contributed by atoms with Crippen LogP contribution in [0.15, 0.2) is 0 Å². The van der Waals surface area contributed by atoms with E-state index in [4.69, 9.17) is 11.6 Å². The van der Waals surface area contributed by atoms with Gasteiger partial charge in [0, 0.05) is 23.1 Å². The van der Waals surface area contributed by atoms with Gasteiger partial charge in [0.15, 0.2) is 0 Å². The first-order valence-corrected chi connectivity index (χ1v) is 12.3. The third kappa shape index (κ3) is 2.82. The van der Waals surface area contributed by atoms with Crippen molar-refractivity contribution < 1.29 is 5.11 Å². The highest BCUT2D eigenvalue weighted by atomic mass is 35.5. The molecule has 0 amide bonds. The maximum Gasteiger partial charge on any atom is 0.129 e. The van der Waals surface area contributed by atoms with Crippen molar-refractivity contribution in [1.82, 2.24) is 0 Å². The second kappa shape index (κ2) is 5.59. The molecule has 3 rings (SSSR count). The molecule has 0 radical (unpaired) electrons. The topological polar surface area (TPSA) is 20.2 Å². The van der Waals surface area contributed by atoms with E-state index < -0.39 is 13.7 Å². The summed E-state index contributed by atoms with van der Waals surface area (Å²) in [4.78, 5) is 0. The van der Waals surface area contributed by atoms with Crippen LogP contribution in [0.2, 0.25) is 19.6 Å². The molecule has 1 N–H and O–H groups in total. The van der Waals surface area contributed by atoms with Crippen molar-refractivity contribution in [2.75, 3.05) is 0 Å². The van der Waals surface area contributed by atoms with E-state index >= 15 is 0 Å². The summed E-state index contributed by atoms with van der Waals surface area (Å²) in [5.74, 6) is 4.74. The summed E-state index contributed by atoms with van der Waals surface area (Å²) in [5, 5.41) is 11.5. The highest BCUT2D eigenvalue weighted by molar-refractivity contribution is 6.83. The third-order valence-corrected chi connectivity index (χ3v) is 7.55. The number of alkyl halides is 1. The molecule has 0 saturated heterocycles. The molecule has 0 aromatic heterocycles. The van der Waals surface area contributed by atoms with Gasteiger partial charge in [0.05, 0.1) is 5.60 Å². The maximum atomic E-state index is 11.3. The molecule has 120 valence electrons. The number of hydrogen-bond acceptors (Lipinski definition) is 1. The van der Waals surface area contributed by atoms with Crippen molar-refractivity contribution in [2.45, 2.75) is 77.1 Å². The molecule has 0 aromatic carbocycles.